The van der Waals surface area contributed by atoms with Gasteiger partial charge in [-0.3, -0.25) is 4.79 Å². The summed E-state index contributed by atoms with van der Waals surface area (Å²) in [4.78, 5) is 23.9. The van der Waals surface area contributed by atoms with E-state index in [2.05, 4.69) is 5.92 Å². The van der Waals surface area contributed by atoms with E-state index >= 15 is 0 Å². The monoisotopic (exact) mass is 247 g/mol. The topological polar surface area (TPSA) is 57.6 Å². The number of aromatic carboxylic acids is 1. The maximum absolute atomic E-state index is 13.2. The molecule has 0 saturated carbocycles. The summed E-state index contributed by atoms with van der Waals surface area (Å²) in [5, 5.41) is 8.82. The molecule has 1 heterocycles. The van der Waals surface area contributed by atoms with Crippen molar-refractivity contribution in [2.24, 2.45) is 5.92 Å². The van der Waals surface area contributed by atoms with E-state index in [4.69, 9.17) is 11.5 Å². The van der Waals surface area contributed by atoms with Crippen molar-refractivity contribution in [3.8, 4) is 12.3 Å². The van der Waals surface area contributed by atoms with Gasteiger partial charge in [-0.25, -0.2) is 9.18 Å². The van der Waals surface area contributed by atoms with E-state index in [0.717, 1.165) is 12.1 Å². The zero-order valence-electron chi connectivity index (χ0n) is 9.39. The number of benzene rings is 1. The van der Waals surface area contributed by atoms with E-state index in [1.54, 1.807) is 0 Å². The van der Waals surface area contributed by atoms with Crippen LogP contribution in [0.3, 0.4) is 0 Å². The first-order chi connectivity index (χ1) is 8.52. The molecule has 0 aromatic heterocycles. The van der Waals surface area contributed by atoms with Crippen LogP contribution in [-0.2, 0) is 4.79 Å². The molecule has 1 aromatic rings. The molecule has 4 nitrogen and oxygen atoms in total. The second kappa shape index (κ2) is 4.49. The zero-order chi connectivity index (χ0) is 13.3. The van der Waals surface area contributed by atoms with Gasteiger partial charge in [-0.15, -0.1) is 12.3 Å². The minimum Gasteiger partial charge on any atom is -0.478 e. The number of rotatable bonds is 2. The van der Waals surface area contributed by atoms with Crippen LogP contribution < -0.4 is 4.90 Å². The first-order valence-electron chi connectivity index (χ1n) is 5.32. The number of carbonyl (C=O) groups is 2. The minimum absolute atomic E-state index is 0.180. The summed E-state index contributed by atoms with van der Waals surface area (Å²) in [6.07, 6.45) is 5.49. The SMILES string of the molecule is C#CC1CC(=O)N(c2ccc(F)c(C(=O)O)c2)C1. The van der Waals surface area contributed by atoms with Gasteiger partial charge in [0.25, 0.3) is 0 Å². The Balaban J connectivity index is 2.35. The van der Waals surface area contributed by atoms with Crippen LogP contribution in [0.25, 0.3) is 0 Å². The molecule has 18 heavy (non-hydrogen) atoms. The van der Waals surface area contributed by atoms with Crippen LogP contribution in [0.5, 0.6) is 0 Å². The highest BCUT2D eigenvalue weighted by Gasteiger charge is 2.30. The molecule has 0 radical (unpaired) electrons. The molecule has 2 rings (SSSR count). The van der Waals surface area contributed by atoms with E-state index in [1.807, 2.05) is 0 Å². The zero-order valence-corrected chi connectivity index (χ0v) is 9.39. The number of terminal acetylenes is 1. The molecule has 1 atom stereocenters. The van der Waals surface area contributed by atoms with Crippen molar-refractivity contribution in [3.05, 3.63) is 29.6 Å². The lowest BCUT2D eigenvalue weighted by molar-refractivity contribution is -0.117. The first kappa shape index (κ1) is 12.1. The predicted octanol–water partition coefficient (Wildman–Crippen LogP) is 1.51. The summed E-state index contributed by atoms with van der Waals surface area (Å²) >= 11 is 0. The van der Waals surface area contributed by atoms with Crippen LogP contribution in [0, 0.1) is 24.1 Å². The molecule has 1 amide bonds. The lowest BCUT2D eigenvalue weighted by Gasteiger charge is -2.16. The van der Waals surface area contributed by atoms with E-state index in [9.17, 15) is 14.0 Å². The number of halogens is 1. The highest BCUT2D eigenvalue weighted by molar-refractivity contribution is 5.97. The average molecular weight is 247 g/mol. The van der Waals surface area contributed by atoms with Gasteiger partial charge in [-0.05, 0) is 18.2 Å². The molecule has 1 fully saturated rings. The van der Waals surface area contributed by atoms with Crippen LogP contribution in [0.1, 0.15) is 16.8 Å². The fourth-order valence-electron chi connectivity index (χ4n) is 1.91. The van der Waals surface area contributed by atoms with E-state index in [0.29, 0.717) is 12.2 Å². The maximum Gasteiger partial charge on any atom is 0.338 e. The van der Waals surface area contributed by atoms with Gasteiger partial charge in [0.15, 0.2) is 0 Å². The number of carboxylic acid groups (broad SMARTS) is 1. The fraction of sp³-hybridized carbons (Fsp3) is 0.231. The lowest BCUT2D eigenvalue weighted by atomic mass is 10.1. The van der Waals surface area contributed by atoms with Gasteiger partial charge < -0.3 is 10.0 Å². The molecule has 1 N–H and O–H groups in total. The normalized spacial score (nSPS) is 18.8. The highest BCUT2D eigenvalue weighted by Crippen LogP contribution is 2.26. The van der Waals surface area contributed by atoms with Crippen LogP contribution in [0.4, 0.5) is 10.1 Å². The molecule has 1 unspecified atom stereocenters. The van der Waals surface area contributed by atoms with Crippen LogP contribution in [-0.4, -0.2) is 23.5 Å². The quantitative estimate of drug-likeness (QED) is 0.806. The second-order valence-electron chi connectivity index (χ2n) is 4.04. The van der Waals surface area contributed by atoms with Crippen molar-refractivity contribution in [2.75, 3.05) is 11.4 Å². The Labute approximate surface area is 103 Å². The van der Waals surface area contributed by atoms with Crippen molar-refractivity contribution < 1.29 is 19.1 Å². The molecule has 0 spiro atoms. The molecule has 1 aliphatic rings. The molecule has 92 valence electrons. The molecule has 1 saturated heterocycles. The van der Waals surface area contributed by atoms with Gasteiger partial charge in [0, 0.05) is 24.6 Å². The number of carboxylic acids is 1. The van der Waals surface area contributed by atoms with Gasteiger partial charge >= 0.3 is 5.97 Å². The summed E-state index contributed by atoms with van der Waals surface area (Å²) in [6, 6.07) is 3.56. The van der Waals surface area contributed by atoms with E-state index in [-0.39, 0.29) is 18.2 Å². The number of amides is 1. The van der Waals surface area contributed by atoms with Crippen molar-refractivity contribution in [2.45, 2.75) is 6.42 Å². The Bertz CT molecular complexity index is 562. The standard InChI is InChI=1S/C13H10FNO3/c1-2-8-5-12(16)15(7-8)9-3-4-11(14)10(6-9)13(17)18/h1,3-4,6,8H,5,7H2,(H,17,18). The molecular weight excluding hydrogens is 237 g/mol. The molecule has 1 aliphatic heterocycles. The minimum atomic E-state index is -1.37. The van der Waals surface area contributed by atoms with Gasteiger partial charge in [0.2, 0.25) is 5.91 Å². The average Bonchev–Trinajstić information content (AvgIpc) is 2.71. The third-order valence-corrected chi connectivity index (χ3v) is 2.85. The molecule has 1 aromatic carbocycles. The Morgan fingerprint density at radius 2 is 2.28 bits per heavy atom. The smallest absolute Gasteiger partial charge is 0.338 e. The summed E-state index contributed by atoms with van der Waals surface area (Å²) < 4.78 is 13.2. The van der Waals surface area contributed by atoms with Gasteiger partial charge in [0.1, 0.15) is 5.82 Å². The molecule has 5 heteroatoms. The van der Waals surface area contributed by atoms with Gasteiger partial charge in [-0.2, -0.15) is 0 Å². The molecule has 0 aliphatic carbocycles. The van der Waals surface area contributed by atoms with Gasteiger partial charge in [0.05, 0.1) is 5.56 Å². The number of anilines is 1. The van der Waals surface area contributed by atoms with Crippen LogP contribution >= 0.6 is 0 Å². The molecular formula is C13H10FNO3. The summed E-state index contributed by atoms with van der Waals surface area (Å²) in [5.74, 6) is -0.0678. The first-order valence-corrected chi connectivity index (χ1v) is 5.32. The highest BCUT2D eigenvalue weighted by atomic mass is 19.1. The largest absolute Gasteiger partial charge is 0.478 e. The van der Waals surface area contributed by atoms with E-state index in [1.165, 1.54) is 11.0 Å². The maximum atomic E-state index is 13.2. The Morgan fingerprint density at radius 3 is 2.83 bits per heavy atom. The van der Waals surface area contributed by atoms with Crippen molar-refractivity contribution in [1.82, 2.24) is 0 Å². The van der Waals surface area contributed by atoms with Crippen molar-refractivity contribution in [1.29, 1.82) is 0 Å². The number of nitrogens with zero attached hydrogens (tertiary/aromatic N) is 1. The third kappa shape index (κ3) is 2.05. The lowest BCUT2D eigenvalue weighted by Crippen LogP contribution is -2.24. The van der Waals surface area contributed by atoms with E-state index < -0.39 is 17.3 Å². The Hall–Kier alpha value is -2.35. The number of carbonyl (C=O) groups excluding carboxylic acids is 1. The van der Waals surface area contributed by atoms with Crippen molar-refractivity contribution >= 4 is 17.6 Å². The predicted molar refractivity (Wildman–Crippen MR) is 62.7 cm³/mol. The Morgan fingerprint density at radius 1 is 1.56 bits per heavy atom. The third-order valence-electron chi connectivity index (χ3n) is 2.85. The summed E-state index contributed by atoms with van der Waals surface area (Å²) in [6.45, 7) is 0.333. The fourth-order valence-corrected chi connectivity index (χ4v) is 1.91. The summed E-state index contributed by atoms with van der Waals surface area (Å²) in [5.41, 5.74) is -0.0963. The van der Waals surface area contributed by atoms with Crippen molar-refractivity contribution in [3.63, 3.8) is 0 Å². The number of hydrogen-bond donors (Lipinski definition) is 1. The second-order valence-corrected chi connectivity index (χ2v) is 4.04. The van der Waals surface area contributed by atoms with Crippen LogP contribution in [0.2, 0.25) is 0 Å². The number of hydrogen-bond acceptors (Lipinski definition) is 2. The van der Waals surface area contributed by atoms with Crippen LogP contribution in [0.15, 0.2) is 18.2 Å². The summed E-state index contributed by atoms with van der Waals surface area (Å²) in [7, 11) is 0. The molecule has 0 bridgehead atoms. The Kier molecular flexibility index (Phi) is 3.02. The van der Waals surface area contributed by atoms with Gasteiger partial charge in [-0.1, -0.05) is 0 Å².